The summed E-state index contributed by atoms with van der Waals surface area (Å²) in [5.74, 6) is 1.65. The molecule has 10 aromatic rings. The normalized spacial score (nSPS) is 11.2. The van der Waals surface area contributed by atoms with Gasteiger partial charge in [0.2, 0.25) is 11.8 Å². The second kappa shape index (κ2) is 14.1. The molecule has 7 aromatic carbocycles. The van der Waals surface area contributed by atoms with Gasteiger partial charge in [0.15, 0.2) is 0 Å². The van der Waals surface area contributed by atoms with E-state index >= 15 is 0 Å². The Labute approximate surface area is 312 Å². The summed E-state index contributed by atoms with van der Waals surface area (Å²) >= 11 is 0. The average Bonchev–Trinajstić information content (AvgIpc) is 3.95. The van der Waals surface area contributed by atoms with E-state index in [0.717, 1.165) is 50.3 Å². The Morgan fingerprint density at radius 1 is 0.519 bits per heavy atom. The molecule has 6 heteroatoms. The van der Waals surface area contributed by atoms with Crippen molar-refractivity contribution in [2.45, 2.75) is 6.92 Å². The van der Waals surface area contributed by atoms with Crippen molar-refractivity contribution >= 4 is 49.7 Å². The predicted octanol–water partition coefficient (Wildman–Crippen LogP) is 12.3. The third-order valence-electron chi connectivity index (χ3n) is 9.68. The van der Waals surface area contributed by atoms with Crippen molar-refractivity contribution < 1.29 is 9.15 Å². The first-order chi connectivity index (χ1) is 26.7. The standard InChI is InChI=1S/C40H28N4O2.C8H8/c1-2-45-30-13-11-12-26(24-30)39-41-42-40(46-39)27-22-28(43-35-18-7-3-14-31(35)32-15-4-8-19-36(32)43)25-29(23-27)44-37-20-9-5-16-33(37)34-17-6-10-21-38(34)44;1-2-8-6-4-3-5-7-8/h3-25H,2H2,1H3;2-7H,1H2. The molecule has 6 nitrogen and oxygen atoms in total. The molecule has 0 saturated heterocycles. The number of aromatic nitrogens is 4. The van der Waals surface area contributed by atoms with Crippen molar-refractivity contribution in [3.8, 4) is 40.0 Å². The molecule has 0 fully saturated rings. The Morgan fingerprint density at radius 3 is 1.44 bits per heavy atom. The van der Waals surface area contributed by atoms with E-state index in [0.29, 0.717) is 18.4 Å². The van der Waals surface area contributed by atoms with Crippen LogP contribution < -0.4 is 4.74 Å². The molecule has 0 radical (unpaired) electrons. The minimum atomic E-state index is 0.442. The molecule has 3 aromatic heterocycles. The molecule has 0 aliphatic heterocycles. The van der Waals surface area contributed by atoms with E-state index < -0.39 is 0 Å². The first-order valence-electron chi connectivity index (χ1n) is 18.1. The van der Waals surface area contributed by atoms with Gasteiger partial charge in [-0.15, -0.1) is 10.2 Å². The Hall–Kier alpha value is -7.18. The summed E-state index contributed by atoms with van der Waals surface area (Å²) in [6.07, 6.45) is 1.83. The van der Waals surface area contributed by atoms with Crippen molar-refractivity contribution in [1.29, 1.82) is 0 Å². The van der Waals surface area contributed by atoms with Crippen LogP contribution in [0.1, 0.15) is 12.5 Å². The van der Waals surface area contributed by atoms with E-state index in [2.05, 4.69) is 141 Å². The summed E-state index contributed by atoms with van der Waals surface area (Å²) in [6.45, 7) is 6.18. The highest BCUT2D eigenvalue weighted by Gasteiger charge is 2.19. The van der Waals surface area contributed by atoms with Gasteiger partial charge in [-0.3, -0.25) is 0 Å². The van der Waals surface area contributed by atoms with E-state index in [9.17, 15) is 0 Å². The van der Waals surface area contributed by atoms with Crippen LogP contribution in [0.4, 0.5) is 0 Å². The Balaban J connectivity index is 0.000000429. The maximum Gasteiger partial charge on any atom is 0.248 e. The van der Waals surface area contributed by atoms with Gasteiger partial charge in [0.05, 0.1) is 28.7 Å². The van der Waals surface area contributed by atoms with Gasteiger partial charge in [-0.1, -0.05) is 122 Å². The molecule has 0 aliphatic rings. The zero-order valence-electron chi connectivity index (χ0n) is 29.8. The molecule has 0 amide bonds. The van der Waals surface area contributed by atoms with E-state index in [1.807, 2.05) is 67.6 Å². The number of benzene rings is 7. The maximum atomic E-state index is 6.39. The summed E-state index contributed by atoms with van der Waals surface area (Å²) < 4.78 is 16.8. The Bertz CT molecular complexity index is 2700. The molecule has 0 aliphatic carbocycles. The third-order valence-corrected chi connectivity index (χ3v) is 9.68. The average molecular weight is 701 g/mol. The quantitative estimate of drug-likeness (QED) is 0.166. The number of hydrogen-bond donors (Lipinski definition) is 0. The highest BCUT2D eigenvalue weighted by atomic mass is 16.5. The van der Waals surface area contributed by atoms with Gasteiger partial charge >= 0.3 is 0 Å². The van der Waals surface area contributed by atoms with Gasteiger partial charge in [-0.25, -0.2) is 0 Å². The largest absolute Gasteiger partial charge is 0.494 e. The molecule has 54 heavy (non-hydrogen) atoms. The van der Waals surface area contributed by atoms with Crippen molar-refractivity contribution in [1.82, 2.24) is 19.3 Å². The van der Waals surface area contributed by atoms with E-state index in [1.165, 1.54) is 27.1 Å². The molecule has 0 unspecified atom stereocenters. The zero-order chi connectivity index (χ0) is 36.4. The highest BCUT2D eigenvalue weighted by molar-refractivity contribution is 6.10. The van der Waals surface area contributed by atoms with Gasteiger partial charge in [0, 0.05) is 44.0 Å². The van der Waals surface area contributed by atoms with Gasteiger partial charge < -0.3 is 18.3 Å². The van der Waals surface area contributed by atoms with Crippen LogP contribution in [0, 0.1) is 0 Å². The molecule has 0 spiro atoms. The van der Waals surface area contributed by atoms with Crippen molar-refractivity contribution in [3.05, 3.63) is 182 Å². The van der Waals surface area contributed by atoms with Crippen LogP contribution in [0.3, 0.4) is 0 Å². The van der Waals surface area contributed by atoms with Gasteiger partial charge in [0.1, 0.15) is 5.75 Å². The lowest BCUT2D eigenvalue weighted by Crippen LogP contribution is -2.00. The van der Waals surface area contributed by atoms with Gasteiger partial charge in [-0.05, 0) is 73.2 Å². The molecule has 260 valence electrons. The summed E-state index contributed by atoms with van der Waals surface area (Å²) in [6, 6.07) is 58.5. The third kappa shape index (κ3) is 5.90. The molecule has 0 saturated carbocycles. The molecule has 0 bridgehead atoms. The molecule has 10 rings (SSSR count). The van der Waals surface area contributed by atoms with Gasteiger partial charge in [-0.2, -0.15) is 0 Å². The topological polar surface area (TPSA) is 58.0 Å². The Kier molecular flexibility index (Phi) is 8.54. The lowest BCUT2D eigenvalue weighted by atomic mass is 10.1. The Morgan fingerprint density at radius 2 is 0.981 bits per heavy atom. The number of ether oxygens (including phenoxy) is 1. The van der Waals surface area contributed by atoms with Crippen LogP contribution in [-0.2, 0) is 0 Å². The number of fused-ring (bicyclic) bond motifs is 6. The van der Waals surface area contributed by atoms with E-state index in [-0.39, 0.29) is 0 Å². The number of rotatable bonds is 7. The fourth-order valence-electron chi connectivity index (χ4n) is 7.31. The molecule has 3 heterocycles. The molecular formula is C48H36N4O2. The maximum absolute atomic E-state index is 6.39. The highest BCUT2D eigenvalue weighted by Crippen LogP contribution is 2.38. The van der Waals surface area contributed by atoms with Crippen molar-refractivity contribution in [2.24, 2.45) is 0 Å². The number of nitrogens with zero attached hydrogens (tertiary/aromatic N) is 4. The lowest BCUT2D eigenvalue weighted by molar-refractivity contribution is 0.340. The lowest BCUT2D eigenvalue weighted by Gasteiger charge is -2.14. The molecular weight excluding hydrogens is 665 g/mol. The predicted molar refractivity (Wildman–Crippen MR) is 222 cm³/mol. The SMILES string of the molecule is C=Cc1ccccc1.CCOc1cccc(-c2nnc(-c3cc(-n4c5ccccc5c5ccccc54)cc(-n4c5ccccc5c5ccccc54)c3)o2)c1. The van der Waals surface area contributed by atoms with Crippen LogP contribution in [-0.4, -0.2) is 25.9 Å². The van der Waals surface area contributed by atoms with Crippen molar-refractivity contribution in [2.75, 3.05) is 6.61 Å². The fraction of sp³-hybridized carbons (Fsp3) is 0.0417. The van der Waals surface area contributed by atoms with Crippen LogP contribution in [0.5, 0.6) is 5.75 Å². The molecule has 0 N–H and O–H groups in total. The number of hydrogen-bond acceptors (Lipinski definition) is 4. The smallest absolute Gasteiger partial charge is 0.248 e. The summed E-state index contributed by atoms with van der Waals surface area (Å²) in [7, 11) is 0. The summed E-state index contributed by atoms with van der Waals surface area (Å²) in [4.78, 5) is 0. The summed E-state index contributed by atoms with van der Waals surface area (Å²) in [5, 5.41) is 13.8. The molecule has 0 atom stereocenters. The van der Waals surface area contributed by atoms with Crippen LogP contribution in [0.25, 0.3) is 84.0 Å². The van der Waals surface area contributed by atoms with Crippen LogP contribution >= 0.6 is 0 Å². The minimum absolute atomic E-state index is 0.442. The first-order valence-corrected chi connectivity index (χ1v) is 18.1. The monoisotopic (exact) mass is 700 g/mol. The summed E-state index contributed by atoms with van der Waals surface area (Å²) in [5.41, 5.74) is 9.35. The van der Waals surface area contributed by atoms with Crippen LogP contribution in [0.2, 0.25) is 0 Å². The van der Waals surface area contributed by atoms with E-state index in [4.69, 9.17) is 9.15 Å². The van der Waals surface area contributed by atoms with Crippen LogP contribution in [0.15, 0.2) is 181 Å². The first kappa shape index (κ1) is 32.7. The van der Waals surface area contributed by atoms with E-state index in [1.54, 1.807) is 0 Å². The van der Waals surface area contributed by atoms with Gasteiger partial charge in [0.25, 0.3) is 0 Å². The van der Waals surface area contributed by atoms with Crippen molar-refractivity contribution in [3.63, 3.8) is 0 Å². The minimum Gasteiger partial charge on any atom is -0.494 e. The fourth-order valence-corrected chi connectivity index (χ4v) is 7.31. The second-order valence-corrected chi connectivity index (χ2v) is 13.0. The zero-order valence-corrected chi connectivity index (χ0v) is 29.8. The second-order valence-electron chi connectivity index (χ2n) is 13.0. The number of para-hydroxylation sites is 4.